The van der Waals surface area contributed by atoms with Gasteiger partial charge in [0.1, 0.15) is 27.6 Å². The molecule has 6 aromatic carbocycles. The maximum Gasteiger partial charge on any atom is 0.427 e. The summed E-state index contributed by atoms with van der Waals surface area (Å²) in [4.78, 5) is 137. The van der Waals surface area contributed by atoms with Crippen molar-refractivity contribution in [2.75, 3.05) is 15.5 Å². The number of amides is 4. The van der Waals surface area contributed by atoms with Crippen LogP contribution in [0.15, 0.2) is 205 Å². The van der Waals surface area contributed by atoms with E-state index in [4.69, 9.17) is 45.8 Å². The molecule has 636 valence electrons. The number of Topliss-reactive ketones (excluding diaryl/α,β-unsaturated/α-hetero) is 3. The molecule has 0 aliphatic heterocycles. The van der Waals surface area contributed by atoms with Crippen molar-refractivity contribution in [3.63, 3.8) is 0 Å². The lowest BCUT2D eigenvalue weighted by atomic mass is 9.98. The molecule has 122 heavy (non-hydrogen) atoms. The molecule has 26 nitrogen and oxygen atoms in total. The van der Waals surface area contributed by atoms with Crippen molar-refractivity contribution < 1.29 is 101 Å². The minimum atomic E-state index is -4.52. The molecule has 0 radical (unpaired) electrons. The van der Waals surface area contributed by atoms with Gasteiger partial charge in [-0.05, 0) is 160 Å². The first kappa shape index (κ1) is 92.0. The molecule has 0 saturated carbocycles. The normalized spacial score (nSPS) is 11.8. The minimum Gasteiger partial charge on any atom is -0.443 e. The molecular formula is C86H78ClF9N12O14. The lowest BCUT2D eigenvalue weighted by Gasteiger charge is -2.27. The summed E-state index contributed by atoms with van der Waals surface area (Å²) in [5, 5.41) is 1.68. The van der Waals surface area contributed by atoms with Gasteiger partial charge < -0.3 is 39.1 Å². The number of imide groups is 2. The predicted octanol–water partition coefficient (Wildman–Crippen LogP) is 20.6. The van der Waals surface area contributed by atoms with Crippen molar-refractivity contribution in [3.8, 4) is 23.5 Å². The zero-order chi connectivity index (χ0) is 89.6. The zero-order valence-electron chi connectivity index (χ0n) is 67.2. The molecule has 0 aliphatic rings. The van der Waals surface area contributed by atoms with Crippen LogP contribution in [-0.2, 0) is 56.7 Å². The molecule has 6 aromatic heterocycles. The standard InChI is InChI=1S/C32H31F3N4O6.C22H15F3N4O2.C18H12F3NO2.C14H20ClN3O4/c1-30(2,3)44-28(41)39(29(42)45-31(4,5)6)27-36-16-15-26(38-27)43-25-14-13-21-22(11-8-12-23(21)37-25)24(40)18-19-9-7-10-20(17-19)32(33,34)35;23-22(24,25)14-4-1-3-13(11-14)12-18(30)16-5-2-6-17-15(16)7-8-19(28-17)31-20-9-10-27-21(26)29-20;19-18(20,21)12-4-1-3-11(9-12)10-16(23)14-5-2-6-15-13(14)7-8-17(24)22-15;1-13(2,3)21-11(19)18(12(20)22-14(4,5)6)10-16-8-7-9(15)17-10/h7-17H,18H2,1-6H3;1-11H,12H2,(H2,26,27,29);1-9H,10H2,(H,22,24);7-8H,1-6H3. The van der Waals surface area contributed by atoms with E-state index in [0.29, 0.717) is 53.6 Å². The Morgan fingerprint density at radius 2 is 0.705 bits per heavy atom. The van der Waals surface area contributed by atoms with Gasteiger partial charge in [0, 0.05) is 107 Å². The summed E-state index contributed by atoms with van der Waals surface area (Å²) in [5.41, 5.74) is 2.56. The van der Waals surface area contributed by atoms with Gasteiger partial charge in [0.2, 0.25) is 46.9 Å². The number of rotatable bonds is 15. The van der Waals surface area contributed by atoms with Crippen molar-refractivity contribution >= 4 is 104 Å². The quantitative estimate of drug-likeness (QED) is 0.0417. The number of carbonyl (C=O) groups excluding carboxylic acids is 7. The van der Waals surface area contributed by atoms with Crippen LogP contribution < -0.4 is 30.6 Å². The van der Waals surface area contributed by atoms with Crippen LogP contribution in [0.25, 0.3) is 32.7 Å². The van der Waals surface area contributed by atoms with E-state index in [1.165, 1.54) is 91.4 Å². The average molecular weight is 1710 g/mol. The van der Waals surface area contributed by atoms with E-state index in [1.807, 2.05) is 0 Å². The number of halogens is 10. The van der Waals surface area contributed by atoms with E-state index in [1.54, 1.807) is 156 Å². The van der Waals surface area contributed by atoms with Gasteiger partial charge in [0.05, 0.1) is 27.7 Å². The van der Waals surface area contributed by atoms with Crippen LogP contribution in [0.2, 0.25) is 5.15 Å². The smallest absolute Gasteiger partial charge is 0.427 e. The van der Waals surface area contributed by atoms with E-state index in [-0.39, 0.29) is 111 Å². The summed E-state index contributed by atoms with van der Waals surface area (Å²) in [5.74, 6) is -1.08. The number of hydrogen-bond donors (Lipinski definition) is 2. The lowest BCUT2D eigenvalue weighted by Crippen LogP contribution is -2.44. The van der Waals surface area contributed by atoms with Gasteiger partial charge in [0.15, 0.2) is 17.3 Å². The third-order valence-electron chi connectivity index (χ3n) is 15.9. The molecule has 36 heteroatoms. The summed E-state index contributed by atoms with van der Waals surface area (Å²) in [6.45, 7) is 19.9. The largest absolute Gasteiger partial charge is 0.443 e. The molecule has 0 spiro atoms. The number of nitrogens with one attached hydrogen (secondary N) is 1. The fraction of sp³-hybridized carbons (Fsp3) is 0.256. The van der Waals surface area contributed by atoms with Crippen molar-refractivity contribution in [2.45, 2.75) is 143 Å². The van der Waals surface area contributed by atoms with Crippen LogP contribution in [0, 0.1) is 0 Å². The molecule has 0 aliphatic carbocycles. The number of anilines is 3. The number of carbonyl (C=O) groups is 7. The first-order chi connectivity index (χ1) is 56.9. The highest BCUT2D eigenvalue weighted by atomic mass is 35.5. The molecule has 3 N–H and O–H groups in total. The highest BCUT2D eigenvalue weighted by Gasteiger charge is 2.38. The summed E-state index contributed by atoms with van der Waals surface area (Å²) >= 11 is 5.78. The van der Waals surface area contributed by atoms with Crippen molar-refractivity contribution in [2.24, 2.45) is 0 Å². The topological polar surface area (TPSA) is 343 Å². The second kappa shape index (κ2) is 38.0. The fourth-order valence-corrected chi connectivity index (χ4v) is 11.1. The van der Waals surface area contributed by atoms with Crippen LogP contribution in [0.3, 0.4) is 0 Å². The monoisotopic (exact) mass is 1710 g/mol. The Morgan fingerprint density at radius 3 is 1.07 bits per heavy atom. The molecule has 12 rings (SSSR count). The molecule has 0 fully saturated rings. The van der Waals surface area contributed by atoms with Crippen LogP contribution in [-0.4, -0.2) is 109 Å². The van der Waals surface area contributed by atoms with Crippen molar-refractivity contribution in [1.29, 1.82) is 0 Å². The number of ether oxygens (including phenoxy) is 6. The number of benzene rings is 6. The number of fused-ring (bicyclic) bond motifs is 3. The van der Waals surface area contributed by atoms with Crippen molar-refractivity contribution in [3.05, 3.63) is 266 Å². The van der Waals surface area contributed by atoms with Gasteiger partial charge in [-0.25, -0.2) is 49.1 Å². The summed E-state index contributed by atoms with van der Waals surface area (Å²) in [6.07, 6.45) is -13.9. The number of H-pyrrole nitrogens is 1. The summed E-state index contributed by atoms with van der Waals surface area (Å²) < 4.78 is 149. The Hall–Kier alpha value is -13.9. The molecule has 12 aromatic rings. The third-order valence-corrected chi connectivity index (χ3v) is 16.1. The highest BCUT2D eigenvalue weighted by molar-refractivity contribution is 6.29. The number of hydrogen-bond acceptors (Lipinski definition) is 23. The molecular weight excluding hydrogens is 1630 g/mol. The first-order valence-corrected chi connectivity index (χ1v) is 37.1. The molecule has 0 saturated heterocycles. The second-order valence-electron chi connectivity index (χ2n) is 30.5. The number of ketones is 3. The first-order valence-electron chi connectivity index (χ1n) is 36.7. The van der Waals surface area contributed by atoms with Crippen molar-refractivity contribution in [1.82, 2.24) is 44.9 Å². The van der Waals surface area contributed by atoms with Gasteiger partial charge in [-0.3, -0.25) is 19.2 Å². The van der Waals surface area contributed by atoms with Gasteiger partial charge in [-0.1, -0.05) is 103 Å². The SMILES string of the molecule is CC(C)(C)OC(=O)N(C(=O)OC(C)(C)C)c1nccc(Cl)n1.CC(C)(C)OC(=O)N(C(=O)OC(C)(C)C)c1nccc(Oc2ccc3c(C(=O)Cc4cccc(C(F)(F)F)c4)cccc3n2)n1.Nc1nccc(Oc2ccc3c(C(=O)Cc4cccc(C(F)(F)F)c4)cccc3n2)n1.O=C(Cc1cccc(C(F)(F)F)c1)c1cccc2[nH]c(=O)ccc12. The van der Waals surface area contributed by atoms with E-state index in [0.717, 1.165) is 36.4 Å². The maximum atomic E-state index is 13.1. The molecule has 6 heterocycles. The number of nitrogens with two attached hydrogens (primary N) is 1. The Morgan fingerprint density at radius 1 is 0.377 bits per heavy atom. The maximum absolute atomic E-state index is 13.1. The second-order valence-corrected chi connectivity index (χ2v) is 30.8. The van der Waals surface area contributed by atoms with Crippen LogP contribution in [0.5, 0.6) is 23.5 Å². The number of alkyl halides is 9. The molecule has 4 amide bonds. The zero-order valence-corrected chi connectivity index (χ0v) is 68.0. The van der Waals surface area contributed by atoms with Gasteiger partial charge in [-0.2, -0.15) is 49.5 Å². The van der Waals surface area contributed by atoms with Gasteiger partial charge >= 0.3 is 42.9 Å². The Kier molecular flexibility index (Phi) is 28.7. The van der Waals surface area contributed by atoms with Crippen LogP contribution >= 0.6 is 11.6 Å². The number of aromatic nitrogens is 9. The lowest BCUT2D eigenvalue weighted by molar-refractivity contribution is -0.138. The number of pyridine rings is 3. The van der Waals surface area contributed by atoms with Gasteiger partial charge in [0.25, 0.3) is 0 Å². The molecule has 0 bridgehead atoms. The van der Waals surface area contributed by atoms with Gasteiger partial charge in [-0.15, -0.1) is 9.80 Å². The van der Waals surface area contributed by atoms with E-state index in [9.17, 15) is 77.9 Å². The van der Waals surface area contributed by atoms with E-state index < -0.39 is 82.0 Å². The summed E-state index contributed by atoms with van der Waals surface area (Å²) in [6, 6.07) is 42.2. The number of nitrogens with zero attached hydrogens (tertiary/aromatic N) is 10. The average Bonchev–Trinajstić information content (AvgIpc) is 0.423. The minimum absolute atomic E-state index is 0.0563. The molecule has 0 atom stereocenters. The van der Waals surface area contributed by atoms with Crippen LogP contribution in [0.4, 0.5) is 76.5 Å². The Labute approximate surface area is 695 Å². The number of nitrogen functional groups attached to an aromatic ring is 1. The summed E-state index contributed by atoms with van der Waals surface area (Å²) in [7, 11) is 0. The predicted molar refractivity (Wildman–Crippen MR) is 432 cm³/mol. The molecule has 0 unspecified atom stereocenters. The van der Waals surface area contributed by atoms with E-state index >= 15 is 0 Å². The van der Waals surface area contributed by atoms with Crippen LogP contribution in [0.1, 0.15) is 148 Å². The Balaban J connectivity index is 0.000000193. The fourth-order valence-electron chi connectivity index (χ4n) is 11.0. The third kappa shape index (κ3) is 26.8. The highest BCUT2D eigenvalue weighted by Crippen LogP contribution is 2.35. The Bertz CT molecular complexity index is 5890. The van der Waals surface area contributed by atoms with E-state index in [2.05, 4.69) is 44.9 Å². The number of aromatic amines is 1.